The molecule has 1 aromatic rings. The number of ketones is 1. The normalized spacial score (nSPS) is 39.7. The van der Waals surface area contributed by atoms with Crippen molar-refractivity contribution >= 4 is 21.9 Å². The summed E-state index contributed by atoms with van der Waals surface area (Å²) >= 11 is 0. The number of fused-ring (bicyclic) bond motifs is 6. The summed E-state index contributed by atoms with van der Waals surface area (Å²) in [6, 6.07) is 4.65. The number of rotatable bonds is 6. The Morgan fingerprint density at radius 2 is 1.82 bits per heavy atom. The van der Waals surface area contributed by atoms with Gasteiger partial charge in [-0.05, 0) is 122 Å². The van der Waals surface area contributed by atoms with Crippen molar-refractivity contribution in [3.63, 3.8) is 0 Å². The van der Waals surface area contributed by atoms with Crippen molar-refractivity contribution in [2.45, 2.75) is 116 Å². The van der Waals surface area contributed by atoms with E-state index in [0.717, 1.165) is 44.1 Å². The van der Waals surface area contributed by atoms with E-state index in [9.17, 15) is 23.1 Å². The molecule has 0 aromatic heterocycles. The van der Waals surface area contributed by atoms with Gasteiger partial charge in [0.15, 0.2) is 0 Å². The SMILES string of the molecule is CC[C@H]1[C@@H](O)[C@@H]2[C@H](CC[C@]3(C)[C@@H]([C@H](C)COC(=O)NS(=O)(=O)c4ccc5c(c4)CC(C)(C)O5)CC[C@@H]23)[C@@]2(C)CCC(=O)C[C@@H]12. The van der Waals surface area contributed by atoms with Crippen LogP contribution in [0.25, 0.3) is 0 Å². The van der Waals surface area contributed by atoms with Crippen molar-refractivity contribution in [1.82, 2.24) is 4.72 Å². The highest BCUT2D eigenvalue weighted by atomic mass is 32.2. The Morgan fingerprint density at radius 3 is 2.55 bits per heavy atom. The predicted octanol–water partition coefficient (Wildman–Crippen LogP) is 6.29. The minimum absolute atomic E-state index is 0.0136. The lowest BCUT2D eigenvalue weighted by Crippen LogP contribution is -2.62. The molecule has 0 spiro atoms. The van der Waals surface area contributed by atoms with Gasteiger partial charge in [0.25, 0.3) is 10.0 Å². The predicted molar refractivity (Wildman–Crippen MR) is 166 cm³/mol. The third-order valence-corrected chi connectivity index (χ3v) is 14.3. The zero-order valence-electron chi connectivity index (χ0n) is 27.2. The maximum absolute atomic E-state index is 13.0. The molecule has 10 atom stereocenters. The number of amides is 1. The first-order valence-electron chi connectivity index (χ1n) is 16.8. The lowest BCUT2D eigenvalue weighted by atomic mass is 9.41. The Labute approximate surface area is 263 Å². The van der Waals surface area contributed by atoms with Gasteiger partial charge in [-0.1, -0.05) is 34.1 Å². The summed E-state index contributed by atoms with van der Waals surface area (Å²) in [4.78, 5) is 25.3. The Bertz CT molecular complexity index is 1420. The van der Waals surface area contributed by atoms with E-state index < -0.39 is 27.8 Å². The summed E-state index contributed by atoms with van der Waals surface area (Å²) in [7, 11) is -4.09. The molecule has 6 rings (SSSR count). The molecule has 1 amide bonds. The first-order chi connectivity index (χ1) is 20.6. The number of Topliss-reactive ketones (excluding diaryl/α,β-unsaturated/α-hetero) is 1. The topological polar surface area (TPSA) is 119 Å². The van der Waals surface area contributed by atoms with Gasteiger partial charge < -0.3 is 14.6 Å². The summed E-state index contributed by atoms with van der Waals surface area (Å²) in [6.07, 6.45) is 6.51. The van der Waals surface area contributed by atoms with E-state index in [2.05, 4.69) is 32.4 Å². The van der Waals surface area contributed by atoms with Gasteiger partial charge in [-0.25, -0.2) is 17.9 Å². The summed E-state index contributed by atoms with van der Waals surface area (Å²) in [5.41, 5.74) is 0.512. The van der Waals surface area contributed by atoms with Crippen LogP contribution in [0.1, 0.15) is 98.5 Å². The number of aliphatic hydroxyl groups excluding tert-OH is 1. The van der Waals surface area contributed by atoms with Crippen LogP contribution in [-0.2, 0) is 26.0 Å². The van der Waals surface area contributed by atoms with Crippen LogP contribution < -0.4 is 9.46 Å². The molecule has 4 fully saturated rings. The van der Waals surface area contributed by atoms with Gasteiger partial charge in [0.1, 0.15) is 17.1 Å². The smallest absolute Gasteiger partial charge is 0.421 e. The van der Waals surface area contributed by atoms with E-state index in [1.807, 2.05) is 13.8 Å². The maximum atomic E-state index is 13.0. The highest BCUT2D eigenvalue weighted by Gasteiger charge is 2.65. The van der Waals surface area contributed by atoms with Crippen LogP contribution in [-0.4, -0.2) is 43.7 Å². The van der Waals surface area contributed by atoms with Crippen molar-refractivity contribution in [2.75, 3.05) is 6.61 Å². The van der Waals surface area contributed by atoms with Gasteiger partial charge in [-0.2, -0.15) is 0 Å². The molecule has 4 saturated carbocycles. The third kappa shape index (κ3) is 5.18. The Kier molecular flexibility index (Phi) is 7.96. The quantitative estimate of drug-likeness (QED) is 0.380. The Morgan fingerprint density at radius 1 is 1.09 bits per heavy atom. The monoisotopic (exact) mass is 629 g/mol. The molecular weight excluding hydrogens is 578 g/mol. The molecule has 0 unspecified atom stereocenters. The average Bonchev–Trinajstić information content (AvgIpc) is 3.46. The molecule has 5 aliphatic rings. The molecule has 1 aromatic carbocycles. The molecule has 1 heterocycles. The zero-order valence-corrected chi connectivity index (χ0v) is 28.0. The van der Waals surface area contributed by atoms with Gasteiger partial charge in [0, 0.05) is 19.3 Å². The van der Waals surface area contributed by atoms with Crippen LogP contribution in [0.2, 0.25) is 0 Å². The number of nitrogens with one attached hydrogen (secondary N) is 1. The standard InChI is InChI=1S/C35H51NO7S/c1-7-24-28-17-22(37)12-14-35(28,6)27-13-15-34(5)25(9-10-26(34)30(27)31(24)38)20(2)19-42-32(39)36-44(40,41)23-8-11-29-21(16-23)18-33(3,4)43-29/h8,11,16,20,24-28,30-31,38H,7,9-10,12-15,17-19H2,1-6H3,(H,36,39)/t20-,24-,25-,26+,27+,28+,30+,31-,34-,35-/m1/s1. The number of ether oxygens (including phenoxy) is 2. The van der Waals surface area contributed by atoms with E-state index in [4.69, 9.17) is 9.47 Å². The fourth-order valence-electron chi connectivity index (χ4n) is 11.0. The van der Waals surface area contributed by atoms with E-state index >= 15 is 0 Å². The fraction of sp³-hybridized carbons (Fsp3) is 0.771. The van der Waals surface area contributed by atoms with E-state index in [1.165, 1.54) is 6.07 Å². The van der Waals surface area contributed by atoms with Gasteiger partial charge in [-0.3, -0.25) is 4.79 Å². The fourth-order valence-corrected chi connectivity index (χ4v) is 12.0. The van der Waals surface area contributed by atoms with E-state index in [-0.39, 0.29) is 46.0 Å². The molecule has 0 radical (unpaired) electrons. The summed E-state index contributed by atoms with van der Waals surface area (Å²) in [5, 5.41) is 11.9. The Hall–Kier alpha value is -2.13. The molecule has 9 heteroatoms. The van der Waals surface area contributed by atoms with Crippen molar-refractivity contribution < 1.29 is 32.6 Å². The molecule has 44 heavy (non-hydrogen) atoms. The Balaban J connectivity index is 1.11. The number of benzene rings is 1. The van der Waals surface area contributed by atoms with Gasteiger partial charge in [-0.15, -0.1) is 0 Å². The second-order valence-corrected chi connectivity index (χ2v) is 17.6. The first kappa shape index (κ1) is 31.8. The highest BCUT2D eigenvalue weighted by molar-refractivity contribution is 7.90. The van der Waals surface area contributed by atoms with Crippen LogP contribution in [0.15, 0.2) is 23.1 Å². The molecule has 4 aliphatic carbocycles. The molecule has 0 bridgehead atoms. The van der Waals surface area contributed by atoms with Gasteiger partial charge >= 0.3 is 6.09 Å². The lowest BCUT2D eigenvalue weighted by molar-refractivity contribution is -0.195. The number of carbonyl (C=O) groups excluding carboxylic acids is 2. The number of hydrogen-bond acceptors (Lipinski definition) is 7. The zero-order chi connectivity index (χ0) is 31.8. The van der Waals surface area contributed by atoms with E-state index in [1.54, 1.807) is 12.1 Å². The van der Waals surface area contributed by atoms with Crippen LogP contribution in [0, 0.1) is 52.3 Å². The van der Waals surface area contributed by atoms with Crippen LogP contribution in [0.3, 0.4) is 0 Å². The van der Waals surface area contributed by atoms with Crippen molar-refractivity contribution in [3.8, 4) is 5.75 Å². The summed E-state index contributed by atoms with van der Waals surface area (Å²) < 4.78 is 39.5. The van der Waals surface area contributed by atoms with Crippen LogP contribution >= 0.6 is 0 Å². The first-order valence-corrected chi connectivity index (χ1v) is 18.3. The van der Waals surface area contributed by atoms with E-state index in [0.29, 0.717) is 48.5 Å². The van der Waals surface area contributed by atoms with Crippen LogP contribution in [0.5, 0.6) is 5.75 Å². The van der Waals surface area contributed by atoms with Gasteiger partial charge in [0.05, 0.1) is 17.6 Å². The second-order valence-electron chi connectivity index (χ2n) is 15.9. The highest BCUT2D eigenvalue weighted by Crippen LogP contribution is 2.69. The van der Waals surface area contributed by atoms with Crippen molar-refractivity contribution in [2.24, 2.45) is 52.3 Å². The largest absolute Gasteiger partial charge is 0.487 e. The minimum atomic E-state index is -4.09. The average molecular weight is 630 g/mol. The number of sulfonamides is 1. The van der Waals surface area contributed by atoms with Crippen molar-refractivity contribution in [1.29, 1.82) is 0 Å². The maximum Gasteiger partial charge on any atom is 0.421 e. The molecule has 244 valence electrons. The second kappa shape index (κ2) is 11.0. The number of hydrogen-bond donors (Lipinski definition) is 2. The molecular formula is C35H51NO7S. The summed E-state index contributed by atoms with van der Waals surface area (Å²) in [6.45, 7) is 13.1. The summed E-state index contributed by atoms with van der Waals surface area (Å²) in [5.74, 6) is 2.84. The molecule has 8 nitrogen and oxygen atoms in total. The molecule has 2 N–H and O–H groups in total. The van der Waals surface area contributed by atoms with Crippen molar-refractivity contribution in [3.05, 3.63) is 23.8 Å². The minimum Gasteiger partial charge on any atom is -0.487 e. The lowest BCUT2D eigenvalue weighted by Gasteiger charge is -2.64. The molecule has 1 aliphatic heterocycles. The number of carbonyl (C=O) groups is 2. The van der Waals surface area contributed by atoms with Crippen LogP contribution in [0.4, 0.5) is 4.79 Å². The van der Waals surface area contributed by atoms with Gasteiger partial charge in [0.2, 0.25) is 0 Å². The molecule has 0 saturated heterocycles. The third-order valence-electron chi connectivity index (χ3n) is 13.0. The number of aliphatic hydroxyl groups is 1.